The van der Waals surface area contributed by atoms with Crippen molar-refractivity contribution in [3.63, 3.8) is 0 Å². The molecule has 0 saturated heterocycles. The van der Waals surface area contributed by atoms with E-state index in [1.807, 2.05) is 0 Å². The van der Waals surface area contributed by atoms with E-state index >= 15 is 0 Å². The highest BCUT2D eigenvalue weighted by molar-refractivity contribution is 7.89. The first-order valence-electron chi connectivity index (χ1n) is 6.74. The van der Waals surface area contributed by atoms with Gasteiger partial charge in [0, 0.05) is 17.1 Å². The molecule has 0 spiro atoms. The van der Waals surface area contributed by atoms with Crippen molar-refractivity contribution in [3.8, 4) is 16.9 Å². The minimum Gasteiger partial charge on any atom is -0.265 e. The summed E-state index contributed by atoms with van der Waals surface area (Å²) in [5.74, 6) is -0.969. The minimum atomic E-state index is -4.15. The first-order chi connectivity index (χ1) is 11.3. The van der Waals surface area contributed by atoms with E-state index in [4.69, 9.17) is 5.14 Å². The predicted molar refractivity (Wildman–Crippen MR) is 89.2 cm³/mol. The quantitative estimate of drug-likeness (QED) is 0.768. The topological polar surface area (TPSA) is 95.1 Å². The highest BCUT2D eigenvalue weighted by Crippen LogP contribution is 2.27. The van der Waals surface area contributed by atoms with Crippen LogP contribution in [0.15, 0.2) is 51.6 Å². The fraction of sp³-hybridized carbons (Fsp3) is 0.0667. The van der Waals surface area contributed by atoms with Gasteiger partial charge >= 0.3 is 4.87 Å². The van der Waals surface area contributed by atoms with Gasteiger partial charge in [-0.3, -0.25) is 14.3 Å². The zero-order chi connectivity index (χ0) is 17.5. The maximum absolute atomic E-state index is 14.1. The van der Waals surface area contributed by atoms with Crippen molar-refractivity contribution in [2.75, 3.05) is 0 Å². The van der Waals surface area contributed by atoms with Crippen molar-refractivity contribution in [3.05, 3.63) is 63.1 Å². The molecule has 2 heterocycles. The lowest BCUT2D eigenvalue weighted by atomic mass is 10.1. The number of aryl methyl sites for hydroxylation is 1. The van der Waals surface area contributed by atoms with Crippen LogP contribution >= 0.6 is 11.3 Å². The lowest BCUT2D eigenvalue weighted by Crippen LogP contribution is -2.15. The molecule has 1 aromatic carbocycles. The van der Waals surface area contributed by atoms with Crippen molar-refractivity contribution < 1.29 is 12.8 Å². The van der Waals surface area contributed by atoms with E-state index < -0.39 is 20.7 Å². The Morgan fingerprint density at radius 3 is 2.67 bits per heavy atom. The van der Waals surface area contributed by atoms with E-state index in [0.717, 1.165) is 23.5 Å². The lowest BCUT2D eigenvalue weighted by Gasteiger charge is -2.10. The fourth-order valence-corrected chi connectivity index (χ4v) is 3.68. The highest BCUT2D eigenvalue weighted by atomic mass is 32.2. The van der Waals surface area contributed by atoms with Crippen molar-refractivity contribution >= 4 is 21.4 Å². The molecule has 2 aromatic heterocycles. The number of nitrogens with zero attached hydrogens (tertiary/aromatic N) is 2. The van der Waals surface area contributed by atoms with Gasteiger partial charge in [0.15, 0.2) is 0 Å². The minimum absolute atomic E-state index is 0.253. The lowest BCUT2D eigenvalue weighted by molar-refractivity contribution is 0.568. The van der Waals surface area contributed by atoms with Crippen molar-refractivity contribution in [1.82, 2.24) is 9.55 Å². The molecule has 0 radical (unpaired) electrons. The molecule has 3 aromatic rings. The number of nitrogens with two attached hydrogens (primary N) is 1. The fourth-order valence-electron chi connectivity index (χ4n) is 2.34. The number of aromatic nitrogens is 2. The van der Waals surface area contributed by atoms with E-state index in [-0.39, 0.29) is 4.87 Å². The normalized spacial score (nSPS) is 11.6. The molecule has 0 aliphatic heterocycles. The molecular formula is C15H12FN3O3S2. The molecule has 24 heavy (non-hydrogen) atoms. The number of hydrogen-bond donors (Lipinski definition) is 1. The van der Waals surface area contributed by atoms with Crippen LogP contribution in [-0.2, 0) is 10.0 Å². The molecular weight excluding hydrogens is 353 g/mol. The smallest absolute Gasteiger partial charge is 0.265 e. The second-order valence-electron chi connectivity index (χ2n) is 5.02. The monoisotopic (exact) mass is 365 g/mol. The molecule has 3 rings (SSSR count). The van der Waals surface area contributed by atoms with Crippen LogP contribution in [0.1, 0.15) is 5.69 Å². The molecule has 0 unspecified atom stereocenters. The van der Waals surface area contributed by atoms with Crippen LogP contribution in [0.4, 0.5) is 4.39 Å². The Kier molecular flexibility index (Phi) is 4.08. The first-order valence-corrected chi connectivity index (χ1v) is 9.17. The molecule has 124 valence electrons. The third-order valence-electron chi connectivity index (χ3n) is 3.45. The molecule has 9 heteroatoms. The first kappa shape index (κ1) is 16.5. The van der Waals surface area contributed by atoms with E-state index in [1.165, 1.54) is 10.6 Å². The standard InChI is InChI=1S/C15H12FN3O3S2/c1-9-12(3-2-6-18-9)19-13(8-23-15(19)20)10-4-5-14(11(16)7-10)24(17,21)22/h2-8H,1H3,(H2,17,21,22). The van der Waals surface area contributed by atoms with Crippen LogP contribution in [0.2, 0.25) is 0 Å². The third kappa shape index (κ3) is 2.88. The van der Waals surface area contributed by atoms with Crippen LogP contribution in [0.25, 0.3) is 16.9 Å². The maximum Gasteiger partial charge on any atom is 0.312 e. The zero-order valence-corrected chi connectivity index (χ0v) is 14.1. The van der Waals surface area contributed by atoms with Crippen molar-refractivity contribution in [2.24, 2.45) is 5.14 Å². The van der Waals surface area contributed by atoms with E-state index in [0.29, 0.717) is 22.6 Å². The molecule has 6 nitrogen and oxygen atoms in total. The SMILES string of the molecule is Cc1ncccc1-n1c(-c2ccc(S(N)(=O)=O)c(F)c2)csc1=O. The Morgan fingerprint density at radius 2 is 2.04 bits per heavy atom. The molecule has 0 aliphatic carbocycles. The van der Waals surface area contributed by atoms with Gasteiger partial charge in [0.2, 0.25) is 10.0 Å². The summed E-state index contributed by atoms with van der Waals surface area (Å²) in [6.07, 6.45) is 1.61. The molecule has 0 aliphatic rings. The van der Waals surface area contributed by atoms with Gasteiger partial charge in [-0.25, -0.2) is 17.9 Å². The Balaban J connectivity index is 2.22. The number of halogens is 1. The number of pyridine rings is 1. The van der Waals surface area contributed by atoms with Crippen molar-refractivity contribution in [1.29, 1.82) is 0 Å². The van der Waals surface area contributed by atoms with Gasteiger partial charge in [0.05, 0.1) is 17.1 Å². The molecule has 0 fully saturated rings. The van der Waals surface area contributed by atoms with Crippen LogP contribution in [0, 0.1) is 12.7 Å². The summed E-state index contributed by atoms with van der Waals surface area (Å²) in [4.78, 5) is 15.5. The highest BCUT2D eigenvalue weighted by Gasteiger charge is 2.18. The number of benzene rings is 1. The number of hydrogen-bond acceptors (Lipinski definition) is 5. The predicted octanol–water partition coefficient (Wildman–Crippen LogP) is 2.06. The summed E-state index contributed by atoms with van der Waals surface area (Å²) in [5, 5.41) is 6.55. The Bertz CT molecular complexity index is 1090. The van der Waals surface area contributed by atoms with Gasteiger partial charge in [-0.1, -0.05) is 17.4 Å². The molecule has 2 N–H and O–H groups in total. The van der Waals surface area contributed by atoms with E-state index in [1.54, 1.807) is 30.6 Å². The Labute approximate surface area is 141 Å². The summed E-state index contributed by atoms with van der Waals surface area (Å²) in [6, 6.07) is 6.97. The summed E-state index contributed by atoms with van der Waals surface area (Å²) >= 11 is 0.959. The Morgan fingerprint density at radius 1 is 1.29 bits per heavy atom. The average Bonchev–Trinajstić information content (AvgIpc) is 2.88. The zero-order valence-electron chi connectivity index (χ0n) is 12.4. The molecule has 0 atom stereocenters. The van der Waals surface area contributed by atoms with Gasteiger partial charge in [0.25, 0.3) is 0 Å². The molecule has 0 saturated carbocycles. The summed E-state index contributed by atoms with van der Waals surface area (Å²) in [5.41, 5.74) is 2.03. The van der Waals surface area contributed by atoms with Gasteiger partial charge in [-0.2, -0.15) is 0 Å². The van der Waals surface area contributed by atoms with Crippen LogP contribution in [0.5, 0.6) is 0 Å². The number of thiazole rings is 1. The van der Waals surface area contributed by atoms with Crippen LogP contribution < -0.4 is 10.0 Å². The second-order valence-corrected chi connectivity index (χ2v) is 7.37. The molecule has 0 bridgehead atoms. The van der Waals surface area contributed by atoms with Gasteiger partial charge < -0.3 is 0 Å². The van der Waals surface area contributed by atoms with Crippen LogP contribution in [-0.4, -0.2) is 18.0 Å². The third-order valence-corrected chi connectivity index (χ3v) is 5.12. The summed E-state index contributed by atoms with van der Waals surface area (Å²) < 4.78 is 38.1. The largest absolute Gasteiger partial charge is 0.312 e. The van der Waals surface area contributed by atoms with E-state index in [9.17, 15) is 17.6 Å². The number of rotatable bonds is 3. The second kappa shape index (κ2) is 5.93. The maximum atomic E-state index is 14.1. The summed E-state index contributed by atoms with van der Waals surface area (Å²) in [6.45, 7) is 1.76. The molecule has 0 amide bonds. The number of primary sulfonamides is 1. The van der Waals surface area contributed by atoms with Crippen molar-refractivity contribution in [2.45, 2.75) is 11.8 Å². The Hall–Kier alpha value is -2.36. The van der Waals surface area contributed by atoms with Crippen LogP contribution in [0.3, 0.4) is 0 Å². The van der Waals surface area contributed by atoms with Gasteiger partial charge in [-0.05, 0) is 31.2 Å². The van der Waals surface area contributed by atoms with Gasteiger partial charge in [0.1, 0.15) is 10.7 Å². The average molecular weight is 365 g/mol. The van der Waals surface area contributed by atoms with E-state index in [2.05, 4.69) is 4.98 Å². The van der Waals surface area contributed by atoms with Gasteiger partial charge in [-0.15, -0.1) is 0 Å². The summed E-state index contributed by atoms with van der Waals surface area (Å²) in [7, 11) is -4.15. The number of sulfonamides is 1.